The smallest absolute Gasteiger partial charge is 0.123 e. The first kappa shape index (κ1) is 15.8. The van der Waals surface area contributed by atoms with Crippen molar-refractivity contribution < 1.29 is 9.84 Å². The van der Waals surface area contributed by atoms with Crippen LogP contribution in [-0.4, -0.2) is 36.8 Å². The number of nitrogens with zero attached hydrogens (tertiary/aromatic N) is 1. The summed E-state index contributed by atoms with van der Waals surface area (Å²) in [5, 5.41) is 9.99. The van der Waals surface area contributed by atoms with Crippen molar-refractivity contribution in [3.05, 3.63) is 23.8 Å². The standard InChI is InChI=1S/C15H26N2O2/c1-5-17(11-15(2,3)10-16)9-12-6-7-13(19-4)8-14(12)18/h6-8,18H,5,9-11,16H2,1-4H3. The highest BCUT2D eigenvalue weighted by Crippen LogP contribution is 2.25. The van der Waals surface area contributed by atoms with Gasteiger partial charge in [0.1, 0.15) is 11.5 Å². The predicted molar refractivity (Wildman–Crippen MR) is 78.4 cm³/mol. The molecule has 0 radical (unpaired) electrons. The van der Waals surface area contributed by atoms with Crippen molar-refractivity contribution in [3.63, 3.8) is 0 Å². The molecule has 0 aromatic heterocycles. The summed E-state index contributed by atoms with van der Waals surface area (Å²) in [6, 6.07) is 5.43. The highest BCUT2D eigenvalue weighted by atomic mass is 16.5. The third kappa shape index (κ3) is 4.73. The summed E-state index contributed by atoms with van der Waals surface area (Å²) < 4.78 is 5.09. The number of hydrogen-bond acceptors (Lipinski definition) is 4. The summed E-state index contributed by atoms with van der Waals surface area (Å²) in [4.78, 5) is 2.29. The van der Waals surface area contributed by atoms with Gasteiger partial charge in [-0.05, 0) is 24.6 Å². The number of rotatable bonds is 7. The molecule has 0 bridgehead atoms. The van der Waals surface area contributed by atoms with Gasteiger partial charge in [0.15, 0.2) is 0 Å². The van der Waals surface area contributed by atoms with Crippen LogP contribution in [-0.2, 0) is 6.54 Å². The molecule has 0 heterocycles. The Balaban J connectivity index is 2.76. The van der Waals surface area contributed by atoms with Crippen LogP contribution in [0, 0.1) is 5.41 Å². The molecule has 0 unspecified atom stereocenters. The van der Waals surface area contributed by atoms with Crippen LogP contribution in [0.4, 0.5) is 0 Å². The van der Waals surface area contributed by atoms with E-state index in [2.05, 4.69) is 25.7 Å². The third-order valence-corrected chi connectivity index (χ3v) is 3.34. The van der Waals surface area contributed by atoms with Crippen molar-refractivity contribution in [2.45, 2.75) is 27.3 Å². The van der Waals surface area contributed by atoms with Crippen LogP contribution in [0.1, 0.15) is 26.3 Å². The minimum absolute atomic E-state index is 0.0814. The Bertz CT molecular complexity index is 405. The van der Waals surface area contributed by atoms with E-state index in [0.717, 1.165) is 25.2 Å². The van der Waals surface area contributed by atoms with Crippen LogP contribution in [0.5, 0.6) is 11.5 Å². The fourth-order valence-electron chi connectivity index (χ4n) is 1.99. The summed E-state index contributed by atoms with van der Waals surface area (Å²) in [5.41, 5.74) is 6.77. The van der Waals surface area contributed by atoms with Crippen LogP contribution in [0.15, 0.2) is 18.2 Å². The van der Waals surface area contributed by atoms with Crippen molar-refractivity contribution >= 4 is 0 Å². The molecule has 0 aliphatic carbocycles. The van der Waals surface area contributed by atoms with E-state index in [9.17, 15) is 5.11 Å². The van der Waals surface area contributed by atoms with Gasteiger partial charge in [-0.3, -0.25) is 4.90 Å². The van der Waals surface area contributed by atoms with Gasteiger partial charge in [0.2, 0.25) is 0 Å². The lowest BCUT2D eigenvalue weighted by Crippen LogP contribution is -2.38. The molecule has 1 aromatic rings. The average molecular weight is 266 g/mol. The second-order valence-corrected chi connectivity index (χ2v) is 5.67. The molecule has 0 amide bonds. The fraction of sp³-hybridized carbons (Fsp3) is 0.600. The maximum atomic E-state index is 9.99. The number of phenols is 1. The van der Waals surface area contributed by atoms with Crippen LogP contribution in [0.3, 0.4) is 0 Å². The second-order valence-electron chi connectivity index (χ2n) is 5.67. The number of ether oxygens (including phenoxy) is 1. The number of benzene rings is 1. The zero-order chi connectivity index (χ0) is 14.5. The Labute approximate surface area is 116 Å². The molecule has 19 heavy (non-hydrogen) atoms. The van der Waals surface area contributed by atoms with Crippen LogP contribution >= 0.6 is 0 Å². The Kier molecular flexibility index (Phi) is 5.63. The first-order valence-corrected chi connectivity index (χ1v) is 6.70. The van der Waals surface area contributed by atoms with Gasteiger partial charge in [0.25, 0.3) is 0 Å². The highest BCUT2D eigenvalue weighted by Gasteiger charge is 2.20. The largest absolute Gasteiger partial charge is 0.507 e. The van der Waals surface area contributed by atoms with Crippen molar-refractivity contribution in [3.8, 4) is 11.5 Å². The summed E-state index contributed by atoms with van der Waals surface area (Å²) in [6.07, 6.45) is 0. The number of phenolic OH excluding ortho intramolecular Hbond substituents is 1. The minimum atomic E-state index is 0.0814. The van der Waals surface area contributed by atoms with Crippen molar-refractivity contribution in [1.82, 2.24) is 4.90 Å². The van der Waals surface area contributed by atoms with Gasteiger partial charge in [-0.1, -0.05) is 26.8 Å². The zero-order valence-corrected chi connectivity index (χ0v) is 12.4. The van der Waals surface area contributed by atoms with Gasteiger partial charge in [-0.25, -0.2) is 0 Å². The molecule has 3 N–H and O–H groups in total. The second kappa shape index (κ2) is 6.78. The molecule has 0 fully saturated rings. The van der Waals surface area contributed by atoms with E-state index in [-0.39, 0.29) is 11.2 Å². The summed E-state index contributed by atoms with van der Waals surface area (Å²) >= 11 is 0. The summed E-state index contributed by atoms with van der Waals surface area (Å²) in [5.74, 6) is 0.954. The number of hydrogen-bond donors (Lipinski definition) is 2. The zero-order valence-electron chi connectivity index (χ0n) is 12.4. The van der Waals surface area contributed by atoms with Crippen molar-refractivity contribution in [2.75, 3.05) is 26.7 Å². The van der Waals surface area contributed by atoms with Crippen molar-refractivity contribution in [2.24, 2.45) is 11.1 Å². The first-order chi connectivity index (χ1) is 8.91. The molecule has 0 saturated heterocycles. The van der Waals surface area contributed by atoms with E-state index in [1.807, 2.05) is 12.1 Å². The average Bonchev–Trinajstić information content (AvgIpc) is 2.39. The maximum Gasteiger partial charge on any atom is 0.123 e. The third-order valence-electron chi connectivity index (χ3n) is 3.34. The van der Waals surface area contributed by atoms with Crippen LogP contribution in [0.2, 0.25) is 0 Å². The van der Waals surface area contributed by atoms with E-state index in [4.69, 9.17) is 10.5 Å². The van der Waals surface area contributed by atoms with Gasteiger partial charge >= 0.3 is 0 Å². The topological polar surface area (TPSA) is 58.7 Å². The molecule has 0 spiro atoms. The number of aromatic hydroxyl groups is 1. The molecular weight excluding hydrogens is 240 g/mol. The Morgan fingerprint density at radius 2 is 2.05 bits per heavy atom. The highest BCUT2D eigenvalue weighted by molar-refractivity contribution is 5.39. The molecule has 0 atom stereocenters. The molecule has 108 valence electrons. The molecule has 0 saturated carbocycles. The minimum Gasteiger partial charge on any atom is -0.507 e. The lowest BCUT2D eigenvalue weighted by atomic mass is 9.93. The number of nitrogens with two attached hydrogens (primary N) is 1. The van der Waals surface area contributed by atoms with Gasteiger partial charge in [0.05, 0.1) is 7.11 Å². The van der Waals surface area contributed by atoms with Crippen molar-refractivity contribution in [1.29, 1.82) is 0 Å². The molecule has 4 heteroatoms. The quantitative estimate of drug-likeness (QED) is 0.794. The predicted octanol–water partition coefficient (Wildman–Crippen LogP) is 2.21. The summed E-state index contributed by atoms with van der Waals surface area (Å²) in [7, 11) is 1.59. The van der Waals surface area contributed by atoms with Gasteiger partial charge in [-0.2, -0.15) is 0 Å². The van der Waals surface area contributed by atoms with E-state index in [1.54, 1.807) is 13.2 Å². The molecule has 0 aliphatic rings. The van der Waals surface area contributed by atoms with Crippen LogP contribution < -0.4 is 10.5 Å². The van der Waals surface area contributed by atoms with Gasteiger partial charge in [0, 0.05) is 24.7 Å². The number of methoxy groups -OCH3 is 1. The van der Waals surface area contributed by atoms with E-state index < -0.39 is 0 Å². The molecule has 1 aromatic carbocycles. The monoisotopic (exact) mass is 266 g/mol. The lowest BCUT2D eigenvalue weighted by Gasteiger charge is -2.31. The Morgan fingerprint density at radius 1 is 1.37 bits per heavy atom. The van der Waals surface area contributed by atoms with Gasteiger partial charge < -0.3 is 15.6 Å². The lowest BCUT2D eigenvalue weighted by molar-refractivity contribution is 0.182. The maximum absolute atomic E-state index is 9.99. The normalized spacial score (nSPS) is 11.9. The van der Waals surface area contributed by atoms with Gasteiger partial charge in [-0.15, -0.1) is 0 Å². The molecule has 0 aliphatic heterocycles. The molecular formula is C15H26N2O2. The fourth-order valence-corrected chi connectivity index (χ4v) is 1.99. The molecule has 4 nitrogen and oxygen atoms in total. The van der Waals surface area contributed by atoms with E-state index in [0.29, 0.717) is 12.3 Å². The Morgan fingerprint density at radius 3 is 2.53 bits per heavy atom. The first-order valence-electron chi connectivity index (χ1n) is 6.70. The van der Waals surface area contributed by atoms with E-state index >= 15 is 0 Å². The Hall–Kier alpha value is -1.26. The van der Waals surface area contributed by atoms with E-state index in [1.165, 1.54) is 0 Å². The van der Waals surface area contributed by atoms with Crippen LogP contribution in [0.25, 0.3) is 0 Å². The summed E-state index contributed by atoms with van der Waals surface area (Å²) in [6.45, 7) is 9.63. The molecule has 1 rings (SSSR count). The SMILES string of the molecule is CCN(Cc1ccc(OC)cc1O)CC(C)(C)CN.